The lowest BCUT2D eigenvalue weighted by Crippen LogP contribution is -2.35. The highest BCUT2D eigenvalue weighted by atomic mass is 32.2. The van der Waals surface area contributed by atoms with Crippen molar-refractivity contribution in [2.75, 3.05) is 202 Å². The number of rotatable bonds is 52. The number of fused-ring (bicyclic) bond motifs is 2. The maximum absolute atomic E-state index is 12.4. The maximum atomic E-state index is 12.4. The first-order valence-electron chi connectivity index (χ1n) is 31.8. The normalized spacial score (nSPS) is 16.4. The summed E-state index contributed by atoms with van der Waals surface area (Å²) in [6, 6.07) is 11.6. The molecule has 31 heteroatoms. The van der Waals surface area contributed by atoms with Crippen LogP contribution >= 0.6 is 0 Å². The van der Waals surface area contributed by atoms with Crippen LogP contribution in [0.25, 0.3) is 17.4 Å². The van der Waals surface area contributed by atoms with E-state index in [9.17, 15) is 53.3 Å². The number of ketones is 1. The summed E-state index contributed by atoms with van der Waals surface area (Å²) >= 11 is 0. The van der Waals surface area contributed by atoms with E-state index in [1.807, 2.05) is 33.7 Å². The van der Waals surface area contributed by atoms with Gasteiger partial charge in [-0.2, -0.15) is 0 Å². The average Bonchev–Trinajstić information content (AvgIpc) is 1.60. The fraction of sp³-hybridized carbons (Fsp3) is 0.656. The zero-order chi connectivity index (χ0) is 69.2. The number of ether oxygens (including phenoxy) is 12. The Balaban J connectivity index is 1.18. The van der Waals surface area contributed by atoms with Crippen molar-refractivity contribution in [2.24, 2.45) is 0 Å². The highest BCUT2D eigenvalue weighted by molar-refractivity contribution is 7.86. The topological polar surface area (TPSA) is 356 Å². The smallest absolute Gasteiger partial charge is 0.230 e. The number of hydrogen-bond donors (Lipinski definition) is 0. The van der Waals surface area contributed by atoms with Crippen LogP contribution in [0.4, 0.5) is 5.69 Å². The highest BCUT2D eigenvalue weighted by Gasteiger charge is 2.43. The van der Waals surface area contributed by atoms with Crippen LogP contribution in [-0.4, -0.2) is 258 Å². The first-order valence-corrected chi connectivity index (χ1v) is 36.4. The number of anilines is 1. The molecule has 0 saturated carbocycles. The molecular formula is C64H95N3O25S3-2. The predicted octanol–water partition coefficient (Wildman–Crippen LogP) is 3.23. The molecule has 1 unspecified atom stereocenters. The molecule has 1 aromatic rings. The fourth-order valence-corrected chi connectivity index (χ4v) is 11.8. The summed E-state index contributed by atoms with van der Waals surface area (Å²) in [5.41, 5.74) is 1.80. The number of nitrogens with zero attached hydrogens (tertiary/aromatic N) is 3. The van der Waals surface area contributed by atoms with Crippen LogP contribution in [-0.2, 0) is 112 Å². The molecule has 0 aromatic heterocycles. The highest BCUT2D eigenvalue weighted by Crippen LogP contribution is 2.51. The minimum atomic E-state index is -4.93. The quantitative estimate of drug-likeness (QED) is 0.0339. The summed E-state index contributed by atoms with van der Waals surface area (Å²) in [6.45, 7) is 16.1. The molecule has 1 atom stereocenters. The van der Waals surface area contributed by atoms with Gasteiger partial charge in [-0.15, -0.1) is 0 Å². The number of methoxy groups -OCH3 is 1. The first-order chi connectivity index (χ1) is 45.3. The molecule has 2 amide bonds. The number of carbonyl (C=O) groups excluding carboxylic acids is 3. The van der Waals surface area contributed by atoms with Crippen molar-refractivity contribution in [1.82, 2.24) is 9.48 Å². The molecule has 536 valence electrons. The summed E-state index contributed by atoms with van der Waals surface area (Å²) < 4.78 is 183. The second-order valence-electron chi connectivity index (χ2n) is 23.4. The van der Waals surface area contributed by atoms with E-state index in [0.29, 0.717) is 139 Å². The third-order valence-corrected chi connectivity index (χ3v) is 17.5. The Morgan fingerprint density at radius 2 is 1.08 bits per heavy atom. The molecule has 1 saturated heterocycles. The van der Waals surface area contributed by atoms with E-state index in [4.69, 9.17) is 61.3 Å². The van der Waals surface area contributed by atoms with Crippen LogP contribution in [0.1, 0.15) is 83.1 Å². The van der Waals surface area contributed by atoms with Crippen LogP contribution in [0.2, 0.25) is 0 Å². The van der Waals surface area contributed by atoms with Gasteiger partial charge in [0.15, 0.2) is 12.3 Å². The van der Waals surface area contributed by atoms with Crippen LogP contribution in [0, 0.1) is 0 Å². The van der Waals surface area contributed by atoms with Crippen molar-refractivity contribution in [2.45, 2.75) is 81.9 Å². The monoisotopic (exact) mass is 1400 g/mol. The number of amides is 2. The van der Waals surface area contributed by atoms with Crippen molar-refractivity contribution in [3.05, 3.63) is 82.6 Å². The van der Waals surface area contributed by atoms with Crippen LogP contribution in [0.5, 0.6) is 0 Å². The molecule has 95 heavy (non-hydrogen) atoms. The molecule has 28 nitrogen and oxygen atoms in total. The summed E-state index contributed by atoms with van der Waals surface area (Å²) in [4.78, 5) is 37.8. The van der Waals surface area contributed by atoms with Crippen molar-refractivity contribution < 1.29 is 115 Å². The number of benzene rings is 2. The fourth-order valence-electron chi connectivity index (χ4n) is 10.3. The SMILES string of the molecule is COCCOCCOCCOCCOCCOCC[N+](CCCS(=O)(=O)[O-])=c1ccc2c(C(C)(C)C)cc(/C=C/C=C3/N(CCOCCOCCOCCOCCOCCOCCC(=O)CN4C(=O)CCC4=O)c4ccc(S(=O)(=O)[O-])cc4C3(C)CCCS(=O)(=O)[O-])oc-2c1. The number of imide groups is 1. The van der Waals surface area contributed by atoms with E-state index >= 15 is 0 Å². The maximum Gasteiger partial charge on any atom is 0.230 e. The lowest BCUT2D eigenvalue weighted by molar-refractivity contribution is -0.142. The second kappa shape index (κ2) is 42.1. The summed E-state index contributed by atoms with van der Waals surface area (Å²) in [6.07, 6.45) is 5.70. The Morgan fingerprint density at radius 1 is 0.600 bits per heavy atom. The first kappa shape index (κ1) is 80.7. The Hall–Kier alpha value is -5.01. The zero-order valence-corrected chi connectivity index (χ0v) is 57.7. The van der Waals surface area contributed by atoms with E-state index in [0.717, 1.165) is 16.0 Å². The molecule has 1 aliphatic carbocycles. The molecular weight excluding hydrogens is 1310 g/mol. The Kier molecular flexibility index (Phi) is 35.7. The predicted molar refractivity (Wildman–Crippen MR) is 345 cm³/mol. The summed E-state index contributed by atoms with van der Waals surface area (Å²) in [5.74, 6) is -1.21. The Bertz CT molecular complexity index is 3280. The van der Waals surface area contributed by atoms with E-state index in [-0.39, 0.29) is 129 Å². The van der Waals surface area contributed by atoms with Gasteiger partial charge in [0.25, 0.3) is 0 Å². The molecule has 1 fully saturated rings. The van der Waals surface area contributed by atoms with Gasteiger partial charge in [-0.25, -0.2) is 29.8 Å². The van der Waals surface area contributed by atoms with Crippen LogP contribution in [0.3, 0.4) is 0 Å². The van der Waals surface area contributed by atoms with Gasteiger partial charge < -0.3 is 79.8 Å². The summed E-state index contributed by atoms with van der Waals surface area (Å²) in [7, 11) is -12.4. The largest absolute Gasteiger partial charge is 0.748 e. The molecule has 5 rings (SSSR count). The van der Waals surface area contributed by atoms with Crippen LogP contribution in [0.15, 0.2) is 69.6 Å². The second-order valence-corrected chi connectivity index (χ2v) is 27.8. The average molecular weight is 1400 g/mol. The lowest BCUT2D eigenvalue weighted by atomic mass is 9.77. The van der Waals surface area contributed by atoms with Gasteiger partial charge in [-0.3, -0.25) is 19.3 Å². The van der Waals surface area contributed by atoms with Crippen molar-refractivity contribution in [1.29, 1.82) is 0 Å². The van der Waals surface area contributed by atoms with E-state index in [1.165, 1.54) is 18.2 Å². The van der Waals surface area contributed by atoms with Gasteiger partial charge in [0.2, 0.25) is 17.2 Å². The minimum absolute atomic E-state index is 0.0615. The van der Waals surface area contributed by atoms with Gasteiger partial charge in [-0.05, 0) is 78.8 Å². The zero-order valence-electron chi connectivity index (χ0n) is 55.3. The Labute approximate surface area is 558 Å². The van der Waals surface area contributed by atoms with Crippen molar-refractivity contribution in [3.8, 4) is 11.3 Å². The molecule has 3 heterocycles. The third-order valence-electron chi connectivity index (χ3n) is 15.1. The minimum Gasteiger partial charge on any atom is -0.748 e. The van der Waals surface area contributed by atoms with Crippen LogP contribution < -0.4 is 14.8 Å². The van der Waals surface area contributed by atoms with Crippen molar-refractivity contribution >= 4 is 59.7 Å². The molecule has 0 spiro atoms. The van der Waals surface area contributed by atoms with E-state index < -0.39 is 57.6 Å². The lowest BCUT2D eigenvalue weighted by Gasteiger charge is -2.30. The van der Waals surface area contributed by atoms with E-state index in [1.54, 1.807) is 32.3 Å². The Morgan fingerprint density at radius 3 is 1.58 bits per heavy atom. The standard InChI is InChI=1S/C64H97N3O25S3/c1-63(2,3)56-48-53(92-59-47-51(11-13-55(56)59)65(19-8-46-94(74,75)76)20-23-82-28-31-86-36-39-90-42-41-88-34-33-84-26-25-80-5)9-6-10-60-64(4,18-7-45-93(71,72)73)57-49-54(95(77,78)79)12-14-58(57)66(60)21-24-83-29-32-87-37-40-91-44-43-89-38-35-85-30-27-81-22-17-52(68)50-67-61(69)15-16-62(67)70/h6,9-14,47-49H,7-8,15-46,50H2,1-5H3,(H2-,71,72,73,74,75,76,77,78,79)/p-2. The number of allylic oxidation sites excluding steroid dienone is 3. The molecule has 4 aliphatic rings. The molecule has 3 aliphatic heterocycles. The van der Waals surface area contributed by atoms with Crippen molar-refractivity contribution in [3.63, 3.8) is 0 Å². The number of likely N-dealkylation sites (tertiary alicyclic amines) is 1. The van der Waals surface area contributed by atoms with Gasteiger partial charge >= 0.3 is 0 Å². The molecule has 0 bridgehead atoms. The number of Topliss-reactive ketones (excluding diaryl/α,β-unsaturated/α-hetero) is 1. The van der Waals surface area contributed by atoms with Gasteiger partial charge in [0, 0.05) is 79.3 Å². The molecule has 1 aromatic carbocycles. The molecule has 0 radical (unpaired) electrons. The third kappa shape index (κ3) is 30.3. The van der Waals surface area contributed by atoms with Gasteiger partial charge in [0.05, 0.1) is 183 Å². The van der Waals surface area contributed by atoms with Gasteiger partial charge in [0.1, 0.15) is 34.8 Å². The van der Waals surface area contributed by atoms with E-state index in [2.05, 4.69) is 20.8 Å². The van der Waals surface area contributed by atoms with Gasteiger partial charge in [-0.1, -0.05) is 26.8 Å². The summed E-state index contributed by atoms with van der Waals surface area (Å²) in [5, 5.41) is 0.685. The molecule has 0 N–H and O–H groups in total. The number of hydrogen-bond acceptors (Lipinski definition) is 26. The number of carbonyl (C=O) groups is 3.